The van der Waals surface area contributed by atoms with Gasteiger partial charge in [-0.1, -0.05) is 0 Å². The molecule has 7 heteroatoms. The van der Waals surface area contributed by atoms with Gasteiger partial charge in [-0.3, -0.25) is 9.69 Å². The zero-order chi connectivity index (χ0) is 16.2. The van der Waals surface area contributed by atoms with Gasteiger partial charge < -0.3 is 15.0 Å². The fraction of sp³-hybridized carbons (Fsp3) is 0.562. The van der Waals surface area contributed by atoms with Crippen LogP contribution in [0, 0.1) is 11.6 Å². The number of ether oxygens (including phenoxy) is 1. The number of carbonyl (C=O) groups excluding carboxylic acids is 1. The molecule has 2 aliphatic rings. The number of halogens is 2. The third-order valence-electron chi connectivity index (χ3n) is 4.43. The summed E-state index contributed by atoms with van der Waals surface area (Å²) in [6, 6.07) is 3.45. The Morgan fingerprint density at radius 2 is 2.04 bits per heavy atom. The van der Waals surface area contributed by atoms with Crippen molar-refractivity contribution in [2.75, 3.05) is 45.9 Å². The Kier molecular flexibility index (Phi) is 5.07. The molecule has 0 spiro atoms. The van der Waals surface area contributed by atoms with Crippen molar-refractivity contribution in [3.8, 4) is 5.75 Å². The zero-order valence-electron chi connectivity index (χ0n) is 12.9. The van der Waals surface area contributed by atoms with Crippen molar-refractivity contribution in [2.45, 2.75) is 12.5 Å². The van der Waals surface area contributed by atoms with Crippen LogP contribution in [0.5, 0.6) is 5.75 Å². The molecular weight excluding hydrogens is 304 g/mol. The van der Waals surface area contributed by atoms with Crippen molar-refractivity contribution in [3.05, 3.63) is 29.8 Å². The second-order valence-electron chi connectivity index (χ2n) is 5.93. The Morgan fingerprint density at radius 1 is 1.26 bits per heavy atom. The van der Waals surface area contributed by atoms with Gasteiger partial charge in [-0.15, -0.1) is 0 Å². The summed E-state index contributed by atoms with van der Waals surface area (Å²) in [5.74, 6) is -1.72. The van der Waals surface area contributed by atoms with E-state index in [0.29, 0.717) is 19.1 Å². The van der Waals surface area contributed by atoms with E-state index < -0.39 is 11.6 Å². The predicted octanol–water partition coefficient (Wildman–Crippen LogP) is 0.850. The van der Waals surface area contributed by atoms with Crippen LogP contribution in [0.2, 0.25) is 0 Å². The maximum atomic E-state index is 13.5. The van der Waals surface area contributed by atoms with E-state index >= 15 is 0 Å². The van der Waals surface area contributed by atoms with E-state index in [4.69, 9.17) is 4.74 Å². The van der Waals surface area contributed by atoms with Crippen LogP contribution in [0.3, 0.4) is 0 Å². The van der Waals surface area contributed by atoms with Gasteiger partial charge in [-0.25, -0.2) is 8.78 Å². The van der Waals surface area contributed by atoms with Crippen molar-refractivity contribution in [3.63, 3.8) is 0 Å². The molecule has 2 saturated heterocycles. The fourth-order valence-electron chi connectivity index (χ4n) is 3.14. The van der Waals surface area contributed by atoms with E-state index in [1.54, 1.807) is 4.90 Å². The first kappa shape index (κ1) is 16.1. The molecule has 126 valence electrons. The van der Waals surface area contributed by atoms with Crippen LogP contribution in [0.25, 0.3) is 0 Å². The van der Waals surface area contributed by atoms with E-state index in [2.05, 4.69) is 10.2 Å². The third-order valence-corrected chi connectivity index (χ3v) is 4.43. The largest absolute Gasteiger partial charge is 0.481 e. The van der Waals surface area contributed by atoms with Crippen molar-refractivity contribution in [1.82, 2.24) is 15.1 Å². The zero-order valence-corrected chi connectivity index (χ0v) is 12.9. The number of piperazine rings is 1. The monoisotopic (exact) mass is 325 g/mol. The first-order chi connectivity index (χ1) is 11.1. The van der Waals surface area contributed by atoms with Gasteiger partial charge in [0.25, 0.3) is 5.91 Å². The van der Waals surface area contributed by atoms with Crippen LogP contribution in [0.4, 0.5) is 8.78 Å². The summed E-state index contributed by atoms with van der Waals surface area (Å²) in [6.07, 6.45) is 0.955. The number of nitrogens with one attached hydrogen (secondary N) is 1. The number of benzene rings is 1. The first-order valence-corrected chi connectivity index (χ1v) is 7.94. The van der Waals surface area contributed by atoms with E-state index in [-0.39, 0.29) is 18.3 Å². The van der Waals surface area contributed by atoms with Crippen molar-refractivity contribution < 1.29 is 18.3 Å². The number of nitrogens with zero attached hydrogens (tertiary/aromatic N) is 2. The fourth-order valence-corrected chi connectivity index (χ4v) is 3.14. The van der Waals surface area contributed by atoms with E-state index in [0.717, 1.165) is 44.7 Å². The molecule has 5 nitrogen and oxygen atoms in total. The highest BCUT2D eigenvalue weighted by Crippen LogP contribution is 2.19. The molecule has 0 bridgehead atoms. The molecule has 23 heavy (non-hydrogen) atoms. The lowest BCUT2D eigenvalue weighted by Gasteiger charge is -2.32. The van der Waals surface area contributed by atoms with Gasteiger partial charge in [-0.05, 0) is 18.6 Å². The van der Waals surface area contributed by atoms with Crippen LogP contribution in [-0.4, -0.2) is 67.6 Å². The second kappa shape index (κ2) is 7.23. The molecule has 2 aliphatic heterocycles. The molecule has 2 heterocycles. The Labute approximate surface area is 134 Å². The van der Waals surface area contributed by atoms with Crippen molar-refractivity contribution in [1.29, 1.82) is 0 Å². The van der Waals surface area contributed by atoms with Gasteiger partial charge in [0.15, 0.2) is 18.2 Å². The number of amides is 1. The average Bonchev–Trinajstić information content (AvgIpc) is 3.05. The number of hydrogen-bond donors (Lipinski definition) is 1. The SMILES string of the molecule is O=C(COc1ccc(F)cc1F)N1CCC(N2CCNCC2)C1. The normalized spacial score (nSPS) is 22.3. The molecule has 0 aliphatic carbocycles. The summed E-state index contributed by atoms with van der Waals surface area (Å²) >= 11 is 0. The molecule has 1 N–H and O–H groups in total. The summed E-state index contributed by atoms with van der Waals surface area (Å²) in [7, 11) is 0. The van der Waals surface area contributed by atoms with E-state index in [1.165, 1.54) is 6.07 Å². The number of rotatable bonds is 4. The molecule has 1 amide bonds. The van der Waals surface area contributed by atoms with Gasteiger partial charge in [0.05, 0.1) is 0 Å². The molecule has 0 saturated carbocycles. The van der Waals surface area contributed by atoms with Gasteiger partial charge in [-0.2, -0.15) is 0 Å². The maximum Gasteiger partial charge on any atom is 0.260 e. The highest BCUT2D eigenvalue weighted by Gasteiger charge is 2.31. The Morgan fingerprint density at radius 3 is 2.78 bits per heavy atom. The highest BCUT2D eigenvalue weighted by atomic mass is 19.1. The minimum atomic E-state index is -0.794. The third kappa shape index (κ3) is 3.97. The van der Waals surface area contributed by atoms with Crippen molar-refractivity contribution in [2.24, 2.45) is 0 Å². The lowest BCUT2D eigenvalue weighted by atomic mass is 10.2. The molecule has 2 fully saturated rings. The van der Waals surface area contributed by atoms with Crippen LogP contribution >= 0.6 is 0 Å². The molecule has 0 radical (unpaired) electrons. The van der Waals surface area contributed by atoms with E-state index in [9.17, 15) is 13.6 Å². The quantitative estimate of drug-likeness (QED) is 0.891. The predicted molar refractivity (Wildman–Crippen MR) is 81.3 cm³/mol. The standard InChI is InChI=1S/C16H21F2N3O2/c17-12-1-2-15(14(18)9-12)23-11-16(22)21-6-3-13(10-21)20-7-4-19-5-8-20/h1-2,9,13,19H,3-8,10-11H2. The Bertz CT molecular complexity index is 564. The molecule has 1 aromatic rings. The lowest BCUT2D eigenvalue weighted by molar-refractivity contribution is -0.132. The Balaban J connectivity index is 1.49. The topological polar surface area (TPSA) is 44.8 Å². The average molecular weight is 325 g/mol. The lowest BCUT2D eigenvalue weighted by Crippen LogP contribution is -2.49. The minimum absolute atomic E-state index is 0.0994. The molecule has 1 unspecified atom stereocenters. The van der Waals surface area contributed by atoms with Crippen LogP contribution in [-0.2, 0) is 4.79 Å². The smallest absolute Gasteiger partial charge is 0.260 e. The van der Waals surface area contributed by atoms with E-state index in [1.807, 2.05) is 0 Å². The molecule has 3 rings (SSSR count). The van der Waals surface area contributed by atoms with Crippen LogP contribution < -0.4 is 10.1 Å². The van der Waals surface area contributed by atoms with Crippen LogP contribution in [0.15, 0.2) is 18.2 Å². The van der Waals surface area contributed by atoms with Gasteiger partial charge in [0.1, 0.15) is 5.82 Å². The summed E-state index contributed by atoms with van der Waals surface area (Å²) in [5, 5.41) is 3.32. The number of hydrogen-bond acceptors (Lipinski definition) is 4. The molecular formula is C16H21F2N3O2. The molecule has 1 aromatic carbocycles. The Hall–Kier alpha value is -1.73. The second-order valence-corrected chi connectivity index (χ2v) is 5.93. The highest BCUT2D eigenvalue weighted by molar-refractivity contribution is 5.78. The summed E-state index contributed by atoms with van der Waals surface area (Å²) < 4.78 is 31.5. The first-order valence-electron chi connectivity index (χ1n) is 7.94. The molecule has 0 aromatic heterocycles. The van der Waals surface area contributed by atoms with Crippen molar-refractivity contribution >= 4 is 5.91 Å². The van der Waals surface area contributed by atoms with Gasteiger partial charge >= 0.3 is 0 Å². The summed E-state index contributed by atoms with van der Waals surface area (Å²) in [4.78, 5) is 16.4. The minimum Gasteiger partial charge on any atom is -0.481 e. The van der Waals surface area contributed by atoms with Crippen LogP contribution in [0.1, 0.15) is 6.42 Å². The molecule has 1 atom stereocenters. The van der Waals surface area contributed by atoms with Gasteiger partial charge in [0, 0.05) is 51.4 Å². The van der Waals surface area contributed by atoms with Gasteiger partial charge in [0.2, 0.25) is 0 Å². The number of carbonyl (C=O) groups is 1. The summed E-state index contributed by atoms with van der Waals surface area (Å²) in [5.41, 5.74) is 0. The summed E-state index contributed by atoms with van der Waals surface area (Å²) in [6.45, 7) is 5.14. The number of likely N-dealkylation sites (tertiary alicyclic amines) is 1. The maximum absolute atomic E-state index is 13.5.